The molecule has 2 nitrogen and oxygen atoms in total. The second kappa shape index (κ2) is 6.12. The lowest BCUT2D eigenvalue weighted by atomic mass is 10.2. The Balaban J connectivity index is 2.62. The van der Waals surface area contributed by atoms with Crippen molar-refractivity contribution in [1.82, 2.24) is 5.32 Å². The Morgan fingerprint density at radius 2 is 2.06 bits per heavy atom. The van der Waals surface area contributed by atoms with Gasteiger partial charge in [0.1, 0.15) is 11.9 Å². The minimum Gasteiger partial charge on any atom is -0.489 e. The fourth-order valence-electron chi connectivity index (χ4n) is 1.50. The van der Waals surface area contributed by atoms with Crippen molar-refractivity contribution >= 4 is 11.6 Å². The maximum Gasteiger partial charge on any atom is 0.120 e. The average Bonchev–Trinajstić information content (AvgIpc) is 2.24. The third-order valence-corrected chi connectivity index (χ3v) is 3.11. The predicted molar refractivity (Wildman–Crippen MR) is 69.4 cm³/mol. The molecule has 0 heterocycles. The lowest BCUT2D eigenvalue weighted by molar-refractivity contribution is 0.179. The molecule has 0 radical (unpaired) electrons. The van der Waals surface area contributed by atoms with Gasteiger partial charge in [0.15, 0.2) is 0 Å². The van der Waals surface area contributed by atoms with Crippen LogP contribution in [0.2, 0.25) is 5.02 Å². The fraction of sp³-hybridized carbons (Fsp3) is 0.538. The van der Waals surface area contributed by atoms with Gasteiger partial charge in [-0.2, -0.15) is 0 Å². The number of hydrogen-bond acceptors (Lipinski definition) is 2. The topological polar surface area (TPSA) is 21.3 Å². The smallest absolute Gasteiger partial charge is 0.120 e. The van der Waals surface area contributed by atoms with Crippen molar-refractivity contribution in [3.63, 3.8) is 0 Å². The summed E-state index contributed by atoms with van der Waals surface area (Å²) in [5.74, 6) is 0.874. The molecule has 0 amide bonds. The first-order valence-electron chi connectivity index (χ1n) is 5.70. The van der Waals surface area contributed by atoms with Gasteiger partial charge in [0.25, 0.3) is 0 Å². The standard InChI is InChI=1S/C13H20ClNO/c1-5-15-10(3)11(4)16-12-6-7-13(14)9(2)8-12/h6-8,10-11,15H,5H2,1-4H3. The van der Waals surface area contributed by atoms with Crippen molar-refractivity contribution < 1.29 is 4.74 Å². The molecule has 16 heavy (non-hydrogen) atoms. The van der Waals surface area contributed by atoms with Crippen molar-refractivity contribution in [2.24, 2.45) is 0 Å². The van der Waals surface area contributed by atoms with Crippen LogP contribution in [0.1, 0.15) is 26.3 Å². The number of halogens is 1. The zero-order chi connectivity index (χ0) is 12.1. The molecule has 0 fully saturated rings. The maximum absolute atomic E-state index is 5.96. The second-order valence-electron chi connectivity index (χ2n) is 4.08. The number of rotatable bonds is 5. The van der Waals surface area contributed by atoms with Gasteiger partial charge in [-0.25, -0.2) is 0 Å². The third kappa shape index (κ3) is 3.69. The van der Waals surface area contributed by atoms with Crippen molar-refractivity contribution in [3.05, 3.63) is 28.8 Å². The number of benzene rings is 1. The van der Waals surface area contributed by atoms with E-state index >= 15 is 0 Å². The molecule has 1 aromatic carbocycles. The molecule has 0 aliphatic heterocycles. The summed E-state index contributed by atoms with van der Waals surface area (Å²) in [5.41, 5.74) is 1.04. The Hall–Kier alpha value is -0.730. The van der Waals surface area contributed by atoms with Crippen LogP contribution in [0.4, 0.5) is 0 Å². The van der Waals surface area contributed by atoms with E-state index in [1.54, 1.807) is 0 Å². The molecule has 0 aliphatic carbocycles. The molecule has 1 aromatic rings. The van der Waals surface area contributed by atoms with E-state index in [-0.39, 0.29) is 6.10 Å². The van der Waals surface area contributed by atoms with Crippen LogP contribution in [0, 0.1) is 6.92 Å². The molecule has 0 aliphatic rings. The Kier molecular flexibility index (Phi) is 5.10. The molecule has 0 saturated heterocycles. The fourth-order valence-corrected chi connectivity index (χ4v) is 1.61. The van der Waals surface area contributed by atoms with Gasteiger partial charge in [-0.3, -0.25) is 0 Å². The molecule has 3 heteroatoms. The molecule has 90 valence electrons. The summed E-state index contributed by atoms with van der Waals surface area (Å²) >= 11 is 5.96. The minimum absolute atomic E-state index is 0.139. The second-order valence-corrected chi connectivity index (χ2v) is 4.49. The van der Waals surface area contributed by atoms with Gasteiger partial charge >= 0.3 is 0 Å². The van der Waals surface area contributed by atoms with Crippen LogP contribution in [0.5, 0.6) is 5.75 Å². The summed E-state index contributed by atoms with van der Waals surface area (Å²) in [6, 6.07) is 6.08. The van der Waals surface area contributed by atoms with E-state index in [9.17, 15) is 0 Å². The average molecular weight is 242 g/mol. The Morgan fingerprint density at radius 1 is 1.38 bits per heavy atom. The number of ether oxygens (including phenoxy) is 1. The van der Waals surface area contributed by atoms with Gasteiger partial charge in [-0.15, -0.1) is 0 Å². The Labute approximate surface area is 103 Å². The van der Waals surface area contributed by atoms with Gasteiger partial charge in [-0.1, -0.05) is 18.5 Å². The first kappa shape index (κ1) is 13.3. The third-order valence-electron chi connectivity index (χ3n) is 2.68. The predicted octanol–water partition coefficient (Wildman–Crippen LogP) is 3.41. The van der Waals surface area contributed by atoms with E-state index in [0.717, 1.165) is 22.9 Å². The number of nitrogens with one attached hydrogen (secondary N) is 1. The van der Waals surface area contributed by atoms with Crippen molar-refractivity contribution in [1.29, 1.82) is 0 Å². The van der Waals surface area contributed by atoms with Gasteiger partial charge in [-0.05, 0) is 51.1 Å². The van der Waals surface area contributed by atoms with Crippen LogP contribution >= 0.6 is 11.6 Å². The molecule has 2 unspecified atom stereocenters. The molecule has 0 spiro atoms. The minimum atomic E-state index is 0.139. The summed E-state index contributed by atoms with van der Waals surface area (Å²) in [6.07, 6.45) is 0.139. The van der Waals surface area contributed by atoms with Crippen LogP contribution in [0.15, 0.2) is 18.2 Å². The quantitative estimate of drug-likeness (QED) is 0.853. The zero-order valence-electron chi connectivity index (χ0n) is 10.4. The lowest BCUT2D eigenvalue weighted by Crippen LogP contribution is -2.38. The van der Waals surface area contributed by atoms with Crippen LogP contribution in [0.3, 0.4) is 0 Å². The van der Waals surface area contributed by atoms with E-state index in [2.05, 4.69) is 26.1 Å². The van der Waals surface area contributed by atoms with Crippen molar-refractivity contribution in [2.45, 2.75) is 39.8 Å². The highest BCUT2D eigenvalue weighted by Crippen LogP contribution is 2.22. The Morgan fingerprint density at radius 3 is 2.62 bits per heavy atom. The van der Waals surface area contributed by atoms with Crippen LogP contribution in [0.25, 0.3) is 0 Å². The van der Waals surface area contributed by atoms with E-state index in [4.69, 9.17) is 16.3 Å². The van der Waals surface area contributed by atoms with E-state index in [1.165, 1.54) is 0 Å². The molecule has 0 bridgehead atoms. The van der Waals surface area contributed by atoms with Crippen LogP contribution in [-0.2, 0) is 0 Å². The molecule has 1 rings (SSSR count). The molecule has 0 saturated carbocycles. The first-order valence-corrected chi connectivity index (χ1v) is 6.08. The molecule has 1 N–H and O–H groups in total. The number of hydrogen-bond donors (Lipinski definition) is 1. The lowest BCUT2D eigenvalue weighted by Gasteiger charge is -2.22. The van der Waals surface area contributed by atoms with Gasteiger partial charge < -0.3 is 10.1 Å². The number of likely N-dealkylation sites (N-methyl/N-ethyl adjacent to an activating group) is 1. The van der Waals surface area contributed by atoms with E-state index in [1.807, 2.05) is 25.1 Å². The highest BCUT2D eigenvalue weighted by atomic mass is 35.5. The highest BCUT2D eigenvalue weighted by Gasteiger charge is 2.12. The summed E-state index contributed by atoms with van der Waals surface area (Å²) in [7, 11) is 0. The van der Waals surface area contributed by atoms with Crippen LogP contribution < -0.4 is 10.1 Å². The summed E-state index contributed by atoms with van der Waals surface area (Å²) in [4.78, 5) is 0. The first-order chi connectivity index (χ1) is 7.54. The number of aryl methyl sites for hydroxylation is 1. The largest absolute Gasteiger partial charge is 0.489 e. The van der Waals surface area contributed by atoms with E-state index in [0.29, 0.717) is 6.04 Å². The molecule has 2 atom stereocenters. The highest BCUT2D eigenvalue weighted by molar-refractivity contribution is 6.31. The van der Waals surface area contributed by atoms with Gasteiger partial charge in [0, 0.05) is 11.1 Å². The monoisotopic (exact) mass is 241 g/mol. The van der Waals surface area contributed by atoms with Gasteiger partial charge in [0.05, 0.1) is 0 Å². The SMILES string of the molecule is CCNC(C)C(C)Oc1ccc(Cl)c(C)c1. The summed E-state index contributed by atoms with van der Waals surface area (Å²) < 4.78 is 5.84. The molecular formula is C13H20ClNO. The maximum atomic E-state index is 5.96. The van der Waals surface area contributed by atoms with Crippen molar-refractivity contribution in [2.75, 3.05) is 6.54 Å². The summed E-state index contributed by atoms with van der Waals surface area (Å²) in [5, 5.41) is 4.12. The Bertz CT molecular complexity index is 341. The van der Waals surface area contributed by atoms with Crippen molar-refractivity contribution in [3.8, 4) is 5.75 Å². The van der Waals surface area contributed by atoms with E-state index < -0.39 is 0 Å². The molecule has 0 aromatic heterocycles. The summed E-state index contributed by atoms with van der Waals surface area (Å²) in [6.45, 7) is 9.21. The zero-order valence-corrected chi connectivity index (χ0v) is 11.1. The molecular weight excluding hydrogens is 222 g/mol. The normalized spacial score (nSPS) is 14.6. The van der Waals surface area contributed by atoms with Gasteiger partial charge in [0.2, 0.25) is 0 Å². The van der Waals surface area contributed by atoms with Crippen LogP contribution in [-0.4, -0.2) is 18.7 Å².